The largest absolute Gasteiger partial charge is 0.478 e. The van der Waals surface area contributed by atoms with Crippen molar-refractivity contribution in [2.24, 2.45) is 0 Å². The molecule has 0 unspecified atom stereocenters. The van der Waals surface area contributed by atoms with E-state index in [0.717, 1.165) is 24.5 Å². The summed E-state index contributed by atoms with van der Waals surface area (Å²) in [5.41, 5.74) is 0.894. The molecule has 68 valence electrons. The van der Waals surface area contributed by atoms with E-state index >= 15 is 0 Å². The lowest BCUT2D eigenvalue weighted by Gasteiger charge is -1.97. The first-order valence-electron chi connectivity index (χ1n) is 4.25. The molecule has 0 aliphatic heterocycles. The second kappa shape index (κ2) is 6.65. The molecule has 0 amide bonds. The SMILES string of the molecule is C=C(C=CC(=O)O)CCCCC. The Hall–Kier alpha value is -1.05. The van der Waals surface area contributed by atoms with Crippen molar-refractivity contribution in [3.63, 3.8) is 0 Å². The summed E-state index contributed by atoms with van der Waals surface area (Å²) in [4.78, 5) is 10.1. The van der Waals surface area contributed by atoms with Gasteiger partial charge >= 0.3 is 5.97 Å². The molecule has 0 aliphatic rings. The van der Waals surface area contributed by atoms with Crippen molar-refractivity contribution in [3.05, 3.63) is 24.3 Å². The highest BCUT2D eigenvalue weighted by Crippen LogP contribution is 2.07. The summed E-state index contributed by atoms with van der Waals surface area (Å²) < 4.78 is 0. The predicted octanol–water partition coefficient (Wildman–Crippen LogP) is 2.76. The van der Waals surface area contributed by atoms with E-state index in [-0.39, 0.29) is 0 Å². The summed E-state index contributed by atoms with van der Waals surface area (Å²) in [6.45, 7) is 5.88. The first-order chi connectivity index (χ1) is 5.66. The van der Waals surface area contributed by atoms with E-state index < -0.39 is 5.97 Å². The summed E-state index contributed by atoms with van der Waals surface area (Å²) in [5, 5.41) is 8.31. The van der Waals surface area contributed by atoms with Crippen LogP contribution in [0, 0.1) is 0 Å². The summed E-state index contributed by atoms with van der Waals surface area (Å²) >= 11 is 0. The number of allylic oxidation sites excluding steroid dienone is 2. The molecule has 0 radical (unpaired) electrons. The van der Waals surface area contributed by atoms with Crippen LogP contribution in [0.25, 0.3) is 0 Å². The molecule has 0 spiro atoms. The van der Waals surface area contributed by atoms with Gasteiger partial charge in [0.2, 0.25) is 0 Å². The van der Waals surface area contributed by atoms with E-state index in [1.165, 1.54) is 12.8 Å². The monoisotopic (exact) mass is 168 g/mol. The van der Waals surface area contributed by atoms with Crippen LogP contribution in [0.5, 0.6) is 0 Å². The first kappa shape index (κ1) is 11.0. The maximum atomic E-state index is 10.1. The molecular formula is C10H16O2. The van der Waals surface area contributed by atoms with Gasteiger partial charge in [0, 0.05) is 6.08 Å². The number of rotatable bonds is 6. The molecule has 0 heterocycles. The van der Waals surface area contributed by atoms with E-state index in [4.69, 9.17) is 5.11 Å². The molecule has 0 fully saturated rings. The Morgan fingerprint density at radius 2 is 2.08 bits per heavy atom. The highest BCUT2D eigenvalue weighted by Gasteiger charge is 1.91. The van der Waals surface area contributed by atoms with Gasteiger partial charge in [-0.3, -0.25) is 0 Å². The van der Waals surface area contributed by atoms with Gasteiger partial charge in [-0.05, 0) is 12.8 Å². The number of hydrogen-bond acceptors (Lipinski definition) is 1. The second-order valence-corrected chi connectivity index (χ2v) is 2.79. The van der Waals surface area contributed by atoms with Gasteiger partial charge in [-0.15, -0.1) is 0 Å². The lowest BCUT2D eigenvalue weighted by atomic mass is 10.1. The Kier molecular flexibility index (Phi) is 6.07. The standard InChI is InChI=1S/C10H16O2/c1-3-4-5-6-9(2)7-8-10(11)12/h7-8H,2-6H2,1H3,(H,11,12). The van der Waals surface area contributed by atoms with Crippen LogP contribution in [0.15, 0.2) is 24.3 Å². The van der Waals surface area contributed by atoms with Gasteiger partial charge in [-0.1, -0.05) is 38.0 Å². The van der Waals surface area contributed by atoms with Gasteiger partial charge in [0.25, 0.3) is 0 Å². The van der Waals surface area contributed by atoms with Gasteiger partial charge in [-0.25, -0.2) is 4.79 Å². The minimum atomic E-state index is -0.911. The zero-order valence-corrected chi connectivity index (χ0v) is 7.55. The lowest BCUT2D eigenvalue weighted by molar-refractivity contribution is -0.131. The van der Waals surface area contributed by atoms with Gasteiger partial charge < -0.3 is 5.11 Å². The predicted molar refractivity (Wildman–Crippen MR) is 50.1 cm³/mol. The highest BCUT2D eigenvalue weighted by molar-refractivity contribution is 5.80. The summed E-state index contributed by atoms with van der Waals surface area (Å²) in [6.07, 6.45) is 7.05. The van der Waals surface area contributed by atoms with Crippen molar-refractivity contribution in [1.82, 2.24) is 0 Å². The molecule has 1 N–H and O–H groups in total. The highest BCUT2D eigenvalue weighted by atomic mass is 16.4. The number of unbranched alkanes of at least 4 members (excludes halogenated alkanes) is 2. The van der Waals surface area contributed by atoms with Crippen molar-refractivity contribution in [2.45, 2.75) is 32.6 Å². The van der Waals surface area contributed by atoms with Crippen LogP contribution in [-0.2, 0) is 4.79 Å². The molecule has 12 heavy (non-hydrogen) atoms. The minimum absolute atomic E-state index is 0.894. The van der Waals surface area contributed by atoms with E-state index in [1.807, 2.05) is 0 Å². The quantitative estimate of drug-likeness (QED) is 0.376. The summed E-state index contributed by atoms with van der Waals surface area (Å²) in [7, 11) is 0. The van der Waals surface area contributed by atoms with E-state index in [1.54, 1.807) is 6.08 Å². The first-order valence-corrected chi connectivity index (χ1v) is 4.25. The Morgan fingerprint density at radius 3 is 2.58 bits per heavy atom. The van der Waals surface area contributed by atoms with Crippen molar-refractivity contribution in [3.8, 4) is 0 Å². The molecule has 0 rings (SSSR count). The van der Waals surface area contributed by atoms with E-state index in [0.29, 0.717) is 0 Å². The lowest BCUT2D eigenvalue weighted by Crippen LogP contribution is -1.87. The maximum absolute atomic E-state index is 10.1. The molecular weight excluding hydrogens is 152 g/mol. The zero-order chi connectivity index (χ0) is 9.40. The fraction of sp³-hybridized carbons (Fsp3) is 0.500. The van der Waals surface area contributed by atoms with Crippen molar-refractivity contribution in [1.29, 1.82) is 0 Å². The van der Waals surface area contributed by atoms with Crippen LogP contribution in [0.1, 0.15) is 32.6 Å². The Bertz CT molecular complexity index is 180. The third kappa shape index (κ3) is 7.06. The molecule has 0 aliphatic carbocycles. The molecule has 0 aromatic carbocycles. The van der Waals surface area contributed by atoms with Gasteiger partial charge in [-0.2, -0.15) is 0 Å². The maximum Gasteiger partial charge on any atom is 0.328 e. The fourth-order valence-corrected chi connectivity index (χ4v) is 0.875. The molecule has 0 aromatic heterocycles. The van der Waals surface area contributed by atoms with Gasteiger partial charge in [0.1, 0.15) is 0 Å². The normalized spacial score (nSPS) is 10.4. The summed E-state index contributed by atoms with van der Waals surface area (Å²) in [5.74, 6) is -0.911. The average Bonchev–Trinajstić information content (AvgIpc) is 2.01. The van der Waals surface area contributed by atoms with Crippen LogP contribution >= 0.6 is 0 Å². The van der Waals surface area contributed by atoms with Crippen molar-refractivity contribution >= 4 is 5.97 Å². The van der Waals surface area contributed by atoms with E-state index in [9.17, 15) is 4.79 Å². The Balaban J connectivity index is 3.53. The molecule has 0 saturated heterocycles. The van der Waals surface area contributed by atoms with Crippen LogP contribution < -0.4 is 0 Å². The fourth-order valence-electron chi connectivity index (χ4n) is 0.875. The van der Waals surface area contributed by atoms with Crippen molar-refractivity contribution in [2.75, 3.05) is 0 Å². The van der Waals surface area contributed by atoms with Gasteiger partial charge in [0.05, 0.1) is 0 Å². The number of carbonyl (C=O) groups is 1. The molecule has 0 atom stereocenters. The minimum Gasteiger partial charge on any atom is -0.478 e. The second-order valence-electron chi connectivity index (χ2n) is 2.79. The topological polar surface area (TPSA) is 37.3 Å². The van der Waals surface area contributed by atoms with E-state index in [2.05, 4.69) is 13.5 Å². The van der Waals surface area contributed by atoms with Crippen LogP contribution in [0.3, 0.4) is 0 Å². The Morgan fingerprint density at radius 1 is 1.42 bits per heavy atom. The smallest absolute Gasteiger partial charge is 0.328 e. The number of aliphatic carboxylic acids is 1. The molecule has 0 bridgehead atoms. The zero-order valence-electron chi connectivity index (χ0n) is 7.55. The third-order valence-electron chi connectivity index (χ3n) is 1.56. The molecule has 2 nitrogen and oxygen atoms in total. The third-order valence-corrected chi connectivity index (χ3v) is 1.56. The Labute approximate surface area is 73.6 Å². The molecule has 2 heteroatoms. The number of hydrogen-bond donors (Lipinski definition) is 1. The molecule has 0 aromatic rings. The molecule has 0 saturated carbocycles. The number of carboxylic acids is 1. The van der Waals surface area contributed by atoms with Crippen LogP contribution in [0.4, 0.5) is 0 Å². The van der Waals surface area contributed by atoms with Crippen LogP contribution in [0.2, 0.25) is 0 Å². The van der Waals surface area contributed by atoms with Crippen molar-refractivity contribution < 1.29 is 9.90 Å². The summed E-state index contributed by atoms with van der Waals surface area (Å²) in [6, 6.07) is 0. The number of carboxylic acid groups (broad SMARTS) is 1. The van der Waals surface area contributed by atoms with Gasteiger partial charge in [0.15, 0.2) is 0 Å². The van der Waals surface area contributed by atoms with Crippen LogP contribution in [-0.4, -0.2) is 11.1 Å². The average molecular weight is 168 g/mol.